The predicted octanol–water partition coefficient (Wildman–Crippen LogP) is 2.72. The second kappa shape index (κ2) is 12.8. The van der Waals surface area contributed by atoms with Gasteiger partial charge < -0.3 is 29.6 Å². The molecular weight excluding hydrogens is 416 g/mol. The Hall–Kier alpha value is -3.75. The predicted molar refractivity (Wildman–Crippen MR) is 117 cm³/mol. The van der Waals surface area contributed by atoms with Crippen molar-refractivity contribution in [2.45, 2.75) is 19.8 Å². The molecule has 2 aromatic carbocycles. The van der Waals surface area contributed by atoms with Crippen molar-refractivity contribution in [2.24, 2.45) is 0 Å². The molecule has 0 fully saturated rings. The van der Waals surface area contributed by atoms with Crippen LogP contribution in [0.3, 0.4) is 0 Å². The maximum absolute atomic E-state index is 12.2. The normalized spacial score (nSPS) is 10.1. The number of ether oxygens (including phenoxy) is 4. The summed E-state index contributed by atoms with van der Waals surface area (Å²) in [6, 6.07) is 11.5. The molecule has 2 amide bonds. The summed E-state index contributed by atoms with van der Waals surface area (Å²) >= 11 is 0. The SMILES string of the molecule is CCOC(=O)Oc1ccc(C(=O)NCCCNC(=O)Cc2ccc(OC)c(OC)c2)cc1. The molecule has 0 aliphatic rings. The van der Waals surface area contributed by atoms with Gasteiger partial charge in [0.15, 0.2) is 11.5 Å². The van der Waals surface area contributed by atoms with E-state index in [9.17, 15) is 14.4 Å². The topological polar surface area (TPSA) is 112 Å². The van der Waals surface area contributed by atoms with Crippen molar-refractivity contribution in [1.82, 2.24) is 10.6 Å². The van der Waals surface area contributed by atoms with Crippen LogP contribution < -0.4 is 24.8 Å². The fraction of sp³-hybridized carbons (Fsp3) is 0.348. The zero-order chi connectivity index (χ0) is 23.3. The first-order valence-electron chi connectivity index (χ1n) is 10.2. The minimum atomic E-state index is -0.794. The Bertz CT molecular complexity index is 913. The van der Waals surface area contributed by atoms with Gasteiger partial charge in [-0.3, -0.25) is 9.59 Å². The lowest BCUT2D eigenvalue weighted by atomic mass is 10.1. The lowest BCUT2D eigenvalue weighted by Crippen LogP contribution is -2.30. The van der Waals surface area contributed by atoms with Crippen molar-refractivity contribution in [3.63, 3.8) is 0 Å². The molecule has 32 heavy (non-hydrogen) atoms. The Labute approximate surface area is 187 Å². The lowest BCUT2D eigenvalue weighted by Gasteiger charge is -2.10. The van der Waals surface area contributed by atoms with Crippen LogP contribution in [-0.2, 0) is 16.0 Å². The maximum atomic E-state index is 12.2. The number of nitrogens with one attached hydrogen (secondary N) is 2. The molecule has 2 rings (SSSR count). The summed E-state index contributed by atoms with van der Waals surface area (Å²) in [6.45, 7) is 2.73. The molecule has 172 valence electrons. The molecule has 0 radical (unpaired) electrons. The van der Waals surface area contributed by atoms with E-state index in [0.717, 1.165) is 5.56 Å². The standard InChI is InChI=1S/C23H28N2O7/c1-4-31-23(28)32-18-9-7-17(8-10-18)22(27)25-13-5-12-24-21(26)15-16-6-11-19(29-2)20(14-16)30-3/h6-11,14H,4-5,12-13,15H2,1-3H3,(H,24,26)(H,25,27). The summed E-state index contributed by atoms with van der Waals surface area (Å²) in [5.41, 5.74) is 1.24. The third kappa shape index (κ3) is 7.82. The largest absolute Gasteiger partial charge is 0.513 e. The van der Waals surface area contributed by atoms with E-state index < -0.39 is 6.16 Å². The van der Waals surface area contributed by atoms with E-state index in [1.54, 1.807) is 45.4 Å². The highest BCUT2D eigenvalue weighted by Crippen LogP contribution is 2.27. The lowest BCUT2D eigenvalue weighted by molar-refractivity contribution is -0.120. The molecule has 0 saturated carbocycles. The highest BCUT2D eigenvalue weighted by atomic mass is 16.7. The quantitative estimate of drug-likeness (QED) is 0.311. The monoisotopic (exact) mass is 444 g/mol. The van der Waals surface area contributed by atoms with Crippen LogP contribution in [0.5, 0.6) is 17.2 Å². The first-order valence-corrected chi connectivity index (χ1v) is 10.2. The van der Waals surface area contributed by atoms with Crippen molar-refractivity contribution in [3.05, 3.63) is 53.6 Å². The van der Waals surface area contributed by atoms with Crippen LogP contribution in [0.15, 0.2) is 42.5 Å². The fourth-order valence-corrected chi connectivity index (χ4v) is 2.78. The van der Waals surface area contributed by atoms with Gasteiger partial charge in [0.05, 0.1) is 27.2 Å². The van der Waals surface area contributed by atoms with Crippen molar-refractivity contribution < 1.29 is 33.3 Å². The third-order valence-electron chi connectivity index (χ3n) is 4.35. The van der Waals surface area contributed by atoms with Gasteiger partial charge in [-0.05, 0) is 55.3 Å². The first-order chi connectivity index (χ1) is 15.5. The summed E-state index contributed by atoms with van der Waals surface area (Å²) in [5, 5.41) is 5.60. The van der Waals surface area contributed by atoms with Crippen LogP contribution in [0.25, 0.3) is 0 Å². The van der Waals surface area contributed by atoms with Crippen LogP contribution in [-0.4, -0.2) is 51.9 Å². The van der Waals surface area contributed by atoms with Gasteiger partial charge in [-0.2, -0.15) is 0 Å². The molecule has 2 aromatic rings. The molecule has 0 unspecified atom stereocenters. The Morgan fingerprint density at radius 1 is 0.875 bits per heavy atom. The average Bonchev–Trinajstić information content (AvgIpc) is 2.79. The Morgan fingerprint density at radius 3 is 2.22 bits per heavy atom. The Kier molecular flexibility index (Phi) is 9.83. The van der Waals surface area contributed by atoms with Gasteiger partial charge in [-0.15, -0.1) is 0 Å². The van der Waals surface area contributed by atoms with Crippen LogP contribution in [0, 0.1) is 0 Å². The van der Waals surface area contributed by atoms with Crippen molar-refractivity contribution in [1.29, 1.82) is 0 Å². The van der Waals surface area contributed by atoms with Gasteiger partial charge >= 0.3 is 6.16 Å². The number of hydrogen-bond acceptors (Lipinski definition) is 7. The van der Waals surface area contributed by atoms with E-state index >= 15 is 0 Å². The number of methoxy groups -OCH3 is 2. The molecule has 0 aliphatic carbocycles. The van der Waals surface area contributed by atoms with Gasteiger partial charge in [-0.1, -0.05) is 6.07 Å². The minimum Gasteiger partial charge on any atom is -0.493 e. The summed E-state index contributed by atoms with van der Waals surface area (Å²) in [4.78, 5) is 35.6. The molecule has 0 aliphatic heterocycles. The third-order valence-corrected chi connectivity index (χ3v) is 4.35. The number of carbonyl (C=O) groups is 3. The van der Waals surface area contributed by atoms with Crippen LogP contribution in [0.4, 0.5) is 4.79 Å². The number of rotatable bonds is 11. The summed E-state index contributed by atoms with van der Waals surface area (Å²) < 4.78 is 20.1. The van der Waals surface area contributed by atoms with Crippen molar-refractivity contribution in [2.75, 3.05) is 33.9 Å². The zero-order valence-corrected chi connectivity index (χ0v) is 18.4. The van der Waals surface area contributed by atoms with Crippen LogP contribution in [0.2, 0.25) is 0 Å². The average molecular weight is 444 g/mol. The highest BCUT2D eigenvalue weighted by Gasteiger charge is 2.10. The molecule has 0 spiro atoms. The minimum absolute atomic E-state index is 0.124. The molecule has 0 bridgehead atoms. The number of amides is 2. The first kappa shape index (κ1) is 24.5. The molecule has 9 nitrogen and oxygen atoms in total. The van der Waals surface area contributed by atoms with Gasteiger partial charge in [0, 0.05) is 18.7 Å². The molecule has 0 atom stereocenters. The smallest absolute Gasteiger partial charge is 0.493 e. The van der Waals surface area contributed by atoms with Gasteiger partial charge in [0.25, 0.3) is 5.91 Å². The van der Waals surface area contributed by atoms with Crippen molar-refractivity contribution in [3.8, 4) is 17.2 Å². The Balaban J connectivity index is 1.68. The van der Waals surface area contributed by atoms with Gasteiger partial charge in [0.2, 0.25) is 5.91 Å². The van der Waals surface area contributed by atoms with E-state index in [0.29, 0.717) is 36.6 Å². The summed E-state index contributed by atoms with van der Waals surface area (Å²) in [7, 11) is 3.10. The number of benzene rings is 2. The second-order valence-electron chi connectivity index (χ2n) is 6.63. The highest BCUT2D eigenvalue weighted by molar-refractivity contribution is 5.94. The van der Waals surface area contributed by atoms with E-state index in [4.69, 9.17) is 14.2 Å². The summed E-state index contributed by atoms with van der Waals surface area (Å²) in [5.74, 6) is 1.08. The van der Waals surface area contributed by atoms with E-state index in [-0.39, 0.29) is 30.6 Å². The van der Waals surface area contributed by atoms with Gasteiger partial charge in [-0.25, -0.2) is 4.79 Å². The molecule has 2 N–H and O–H groups in total. The molecule has 9 heteroatoms. The van der Waals surface area contributed by atoms with E-state index in [2.05, 4.69) is 15.4 Å². The fourth-order valence-electron chi connectivity index (χ4n) is 2.78. The van der Waals surface area contributed by atoms with Crippen LogP contribution in [0.1, 0.15) is 29.3 Å². The molecule has 0 aromatic heterocycles. The Morgan fingerprint density at radius 2 is 1.56 bits per heavy atom. The van der Waals surface area contributed by atoms with Gasteiger partial charge in [0.1, 0.15) is 5.75 Å². The van der Waals surface area contributed by atoms with E-state index in [1.165, 1.54) is 12.1 Å². The summed E-state index contributed by atoms with van der Waals surface area (Å²) in [6.07, 6.45) is -0.00157. The molecule has 0 saturated heterocycles. The molecular formula is C23H28N2O7. The second-order valence-corrected chi connectivity index (χ2v) is 6.63. The van der Waals surface area contributed by atoms with Crippen molar-refractivity contribution >= 4 is 18.0 Å². The number of hydrogen-bond donors (Lipinski definition) is 2. The maximum Gasteiger partial charge on any atom is 0.513 e. The zero-order valence-electron chi connectivity index (χ0n) is 18.4. The number of carbonyl (C=O) groups excluding carboxylic acids is 3. The van der Waals surface area contributed by atoms with Crippen LogP contribution >= 0.6 is 0 Å². The molecule has 0 heterocycles. The van der Waals surface area contributed by atoms with E-state index in [1.807, 2.05) is 6.07 Å².